The highest BCUT2D eigenvalue weighted by molar-refractivity contribution is 8.00. The molecule has 15 heteroatoms. The molecule has 1 saturated heterocycles. The van der Waals surface area contributed by atoms with Crippen LogP contribution in [0.3, 0.4) is 0 Å². The molecule has 0 aromatic carbocycles. The van der Waals surface area contributed by atoms with E-state index in [0.717, 1.165) is 17.1 Å². The molecule has 0 spiro atoms. The number of aliphatic hydroxyl groups excluding tert-OH is 1. The SMILES string of the molecule is CCON=C(C(=O)NC1C(=O)N2C(C(=O)O)=C(C[n+]3cccc(CCCO)c3)CS[C@H]12)c1nsc(N)n1. The maximum Gasteiger partial charge on any atom is 0.352 e. The number of thioether (sulfide) groups is 1. The molecule has 0 radical (unpaired) electrons. The molecular weight excluding hydrogens is 522 g/mol. The fourth-order valence-corrected chi connectivity index (χ4v) is 5.75. The third-order valence-electron chi connectivity index (χ3n) is 5.61. The summed E-state index contributed by atoms with van der Waals surface area (Å²) in [5.41, 5.74) is 6.90. The van der Waals surface area contributed by atoms with Crippen LogP contribution in [0.25, 0.3) is 0 Å². The van der Waals surface area contributed by atoms with E-state index >= 15 is 0 Å². The summed E-state index contributed by atoms with van der Waals surface area (Å²) in [5, 5.41) is 25.0. The van der Waals surface area contributed by atoms with Gasteiger partial charge in [0.25, 0.3) is 11.8 Å². The number of carbonyl (C=O) groups is 3. The lowest BCUT2D eigenvalue weighted by atomic mass is 10.0. The number of carboxylic acid groups (broad SMARTS) is 1. The summed E-state index contributed by atoms with van der Waals surface area (Å²) in [6.45, 7) is 2.26. The van der Waals surface area contributed by atoms with Crippen molar-refractivity contribution in [3.05, 3.63) is 47.2 Å². The summed E-state index contributed by atoms with van der Waals surface area (Å²) in [7, 11) is 0. The van der Waals surface area contributed by atoms with E-state index in [1.165, 1.54) is 16.7 Å². The van der Waals surface area contributed by atoms with E-state index in [0.29, 0.717) is 24.2 Å². The van der Waals surface area contributed by atoms with Crippen molar-refractivity contribution in [1.82, 2.24) is 19.6 Å². The number of nitrogens with one attached hydrogen (secondary N) is 1. The maximum atomic E-state index is 13.0. The van der Waals surface area contributed by atoms with Crippen molar-refractivity contribution >= 4 is 51.9 Å². The standard InChI is InChI=1S/C22H25N7O6S2/c1-2-35-26-14(17-25-22(23)37-27-17)18(31)24-15-19(32)29-16(21(33)34)13(11-36-20(15)29)10-28-7-3-5-12(9-28)6-4-8-30/h3,5,7,9,15,20,30H,2,4,6,8,10-11H2,1H3,(H3-,23,24,25,27,31,33,34)/p+1/t15?,20-/m1/s1. The minimum atomic E-state index is -1.21. The molecule has 37 heavy (non-hydrogen) atoms. The molecular formula is C22H26N7O6S2+. The third kappa shape index (κ3) is 5.73. The first-order chi connectivity index (χ1) is 17.8. The van der Waals surface area contributed by atoms with Gasteiger partial charge < -0.3 is 26.1 Å². The Kier molecular flexibility index (Phi) is 8.35. The number of rotatable bonds is 11. The second-order valence-corrected chi connectivity index (χ2v) is 10.0. The van der Waals surface area contributed by atoms with Gasteiger partial charge in [-0.3, -0.25) is 14.5 Å². The fourth-order valence-electron chi connectivity index (χ4n) is 3.98. The zero-order valence-electron chi connectivity index (χ0n) is 19.9. The summed E-state index contributed by atoms with van der Waals surface area (Å²) in [6, 6.07) is 2.85. The Bertz CT molecular complexity index is 1260. The first-order valence-electron chi connectivity index (χ1n) is 11.4. The monoisotopic (exact) mass is 548 g/mol. The summed E-state index contributed by atoms with van der Waals surface area (Å²) >= 11 is 2.25. The smallest absolute Gasteiger partial charge is 0.352 e. The van der Waals surface area contributed by atoms with Crippen LogP contribution < -0.4 is 15.6 Å². The van der Waals surface area contributed by atoms with Crippen LogP contribution in [0.1, 0.15) is 24.7 Å². The number of aromatic nitrogens is 3. The third-order valence-corrected chi connectivity index (χ3v) is 7.49. The highest BCUT2D eigenvalue weighted by Gasteiger charge is 2.54. The molecule has 4 heterocycles. The molecule has 2 amide bonds. The largest absolute Gasteiger partial charge is 0.477 e. The Labute approximate surface area is 220 Å². The minimum absolute atomic E-state index is 0.0278. The zero-order valence-corrected chi connectivity index (χ0v) is 21.5. The van der Waals surface area contributed by atoms with E-state index in [1.54, 1.807) is 6.92 Å². The molecule has 0 bridgehead atoms. The van der Waals surface area contributed by atoms with Gasteiger partial charge in [0.05, 0.1) is 0 Å². The number of amides is 2. The molecule has 2 aromatic rings. The lowest BCUT2D eigenvalue weighted by Gasteiger charge is -2.49. The number of hydrogen-bond donors (Lipinski definition) is 4. The zero-order chi connectivity index (χ0) is 26.5. The number of β-lactam (4-membered cyclic amide) rings is 1. The molecule has 2 aliphatic rings. The topological polar surface area (TPSA) is 184 Å². The first-order valence-corrected chi connectivity index (χ1v) is 13.3. The molecule has 0 saturated carbocycles. The van der Waals surface area contributed by atoms with Crippen molar-refractivity contribution in [2.75, 3.05) is 24.7 Å². The molecule has 2 aromatic heterocycles. The second kappa shape index (κ2) is 11.7. The highest BCUT2D eigenvalue weighted by atomic mass is 32.2. The Hall–Kier alpha value is -3.56. The van der Waals surface area contributed by atoms with Crippen LogP contribution in [0.15, 0.2) is 41.0 Å². The Balaban J connectivity index is 1.51. The lowest BCUT2D eigenvalue weighted by molar-refractivity contribution is -0.689. The number of carboxylic acids is 1. The predicted octanol–water partition coefficient (Wildman–Crippen LogP) is -0.488. The average molecular weight is 549 g/mol. The van der Waals surface area contributed by atoms with Crippen molar-refractivity contribution < 1.29 is 34.0 Å². The molecule has 4 rings (SSSR count). The van der Waals surface area contributed by atoms with Gasteiger partial charge in [0.15, 0.2) is 24.1 Å². The molecule has 196 valence electrons. The van der Waals surface area contributed by atoms with Gasteiger partial charge in [-0.25, -0.2) is 9.36 Å². The van der Waals surface area contributed by atoms with Crippen LogP contribution in [0, 0.1) is 0 Å². The minimum Gasteiger partial charge on any atom is -0.477 e. The van der Waals surface area contributed by atoms with E-state index in [4.69, 9.17) is 15.7 Å². The van der Waals surface area contributed by atoms with E-state index in [-0.39, 0.29) is 42.1 Å². The van der Waals surface area contributed by atoms with Crippen molar-refractivity contribution in [2.24, 2.45) is 5.16 Å². The second-order valence-electron chi connectivity index (χ2n) is 8.14. The van der Waals surface area contributed by atoms with Crippen molar-refractivity contribution in [3.63, 3.8) is 0 Å². The number of carbonyl (C=O) groups excluding carboxylic acids is 2. The molecule has 1 fully saturated rings. The molecule has 1 unspecified atom stereocenters. The number of anilines is 1. The summed E-state index contributed by atoms with van der Waals surface area (Å²) in [6.07, 6.45) is 5.05. The number of oxime groups is 1. The van der Waals surface area contributed by atoms with E-state index in [1.807, 2.05) is 29.1 Å². The van der Waals surface area contributed by atoms with E-state index in [9.17, 15) is 19.5 Å². The van der Waals surface area contributed by atoms with Crippen molar-refractivity contribution in [2.45, 2.75) is 37.7 Å². The Morgan fingerprint density at radius 2 is 2.24 bits per heavy atom. The first kappa shape index (κ1) is 26.5. The molecule has 13 nitrogen and oxygen atoms in total. The van der Waals surface area contributed by atoms with Crippen LogP contribution in [0.2, 0.25) is 0 Å². The van der Waals surface area contributed by atoms with Crippen LogP contribution in [-0.2, 0) is 32.2 Å². The van der Waals surface area contributed by atoms with E-state index < -0.39 is 29.2 Å². The predicted molar refractivity (Wildman–Crippen MR) is 134 cm³/mol. The van der Waals surface area contributed by atoms with Crippen LogP contribution in [0.5, 0.6) is 0 Å². The number of fused-ring (bicyclic) bond motifs is 1. The van der Waals surface area contributed by atoms with Gasteiger partial charge in [-0.1, -0.05) is 5.16 Å². The number of nitrogens with two attached hydrogens (primary N) is 1. The average Bonchev–Trinajstić information content (AvgIpc) is 3.31. The van der Waals surface area contributed by atoms with Crippen molar-refractivity contribution in [3.8, 4) is 0 Å². The number of aliphatic hydroxyl groups is 1. The summed E-state index contributed by atoms with van der Waals surface area (Å²) < 4.78 is 5.84. The van der Waals surface area contributed by atoms with Crippen LogP contribution in [0.4, 0.5) is 5.13 Å². The Morgan fingerprint density at radius 3 is 2.92 bits per heavy atom. The van der Waals surface area contributed by atoms with Crippen molar-refractivity contribution in [1.29, 1.82) is 0 Å². The number of aliphatic carboxylic acids is 1. The molecule has 2 aliphatic heterocycles. The summed E-state index contributed by atoms with van der Waals surface area (Å²) in [4.78, 5) is 48.4. The maximum absolute atomic E-state index is 13.0. The van der Waals surface area contributed by atoms with Crippen LogP contribution >= 0.6 is 23.3 Å². The van der Waals surface area contributed by atoms with Gasteiger partial charge in [0.2, 0.25) is 11.5 Å². The highest BCUT2D eigenvalue weighted by Crippen LogP contribution is 2.40. The normalized spacial score (nSPS) is 19.4. The van der Waals surface area contributed by atoms with Gasteiger partial charge in [-0.15, -0.1) is 11.8 Å². The summed E-state index contributed by atoms with van der Waals surface area (Å²) in [5.74, 6) is -2.15. The van der Waals surface area contributed by atoms with Gasteiger partial charge in [0.1, 0.15) is 23.7 Å². The van der Waals surface area contributed by atoms with Gasteiger partial charge in [-0.05, 0) is 25.8 Å². The fraction of sp³-hybridized carbons (Fsp3) is 0.409. The Morgan fingerprint density at radius 1 is 1.43 bits per heavy atom. The number of nitrogens with zero attached hydrogens (tertiary/aromatic N) is 5. The lowest BCUT2D eigenvalue weighted by Crippen LogP contribution is -2.71. The van der Waals surface area contributed by atoms with Gasteiger partial charge in [-0.2, -0.15) is 9.36 Å². The quantitative estimate of drug-likeness (QED) is 0.124. The molecule has 2 atom stereocenters. The van der Waals surface area contributed by atoms with Gasteiger partial charge >= 0.3 is 5.97 Å². The number of nitrogen functional groups attached to an aromatic ring is 1. The van der Waals surface area contributed by atoms with E-state index in [2.05, 4.69) is 19.8 Å². The number of aryl methyl sites for hydroxylation is 1. The molecule has 0 aliphatic carbocycles. The van der Waals surface area contributed by atoms with Gasteiger partial charge in [0, 0.05) is 41.1 Å². The number of hydrogen-bond acceptors (Lipinski definition) is 11. The number of pyridine rings is 1. The molecule has 5 N–H and O–H groups in total. The van der Waals surface area contributed by atoms with Crippen LogP contribution in [-0.4, -0.2) is 78.3 Å².